The van der Waals surface area contributed by atoms with Crippen molar-refractivity contribution in [3.05, 3.63) is 87.8 Å². The van der Waals surface area contributed by atoms with Gasteiger partial charge in [-0.15, -0.1) is 0 Å². The minimum absolute atomic E-state index is 0.0510. The van der Waals surface area contributed by atoms with Gasteiger partial charge in [-0.2, -0.15) is 5.26 Å². The molecule has 0 spiro atoms. The zero-order valence-corrected chi connectivity index (χ0v) is 20.6. The molecule has 3 aromatic carbocycles. The SMILES string of the molecule is COc1ccc(OC)c(C2C(C#N)=C(N)Oc3cc(OC(=O)COc4ccc(Cl)cc4C)ccc32)c1. The maximum absolute atomic E-state index is 12.4. The van der Waals surface area contributed by atoms with Gasteiger partial charge in [-0.25, -0.2) is 4.79 Å². The molecule has 1 aliphatic heterocycles. The van der Waals surface area contributed by atoms with E-state index in [1.807, 2.05) is 6.92 Å². The van der Waals surface area contributed by atoms with Crippen molar-refractivity contribution in [3.63, 3.8) is 0 Å². The zero-order valence-electron chi connectivity index (χ0n) is 19.8. The number of hydrogen-bond donors (Lipinski definition) is 1. The van der Waals surface area contributed by atoms with Crippen molar-refractivity contribution < 1.29 is 28.5 Å². The number of nitrogens with two attached hydrogens (primary N) is 1. The summed E-state index contributed by atoms with van der Waals surface area (Å²) >= 11 is 5.95. The first-order valence-electron chi connectivity index (χ1n) is 10.9. The van der Waals surface area contributed by atoms with E-state index in [0.29, 0.717) is 39.1 Å². The van der Waals surface area contributed by atoms with Crippen LogP contribution < -0.4 is 29.4 Å². The van der Waals surface area contributed by atoms with E-state index < -0.39 is 11.9 Å². The maximum Gasteiger partial charge on any atom is 0.349 e. The molecule has 1 aliphatic rings. The Labute approximate surface area is 213 Å². The number of halogens is 1. The summed E-state index contributed by atoms with van der Waals surface area (Å²) in [5.74, 6) is 1.03. The topological polar surface area (TPSA) is 113 Å². The summed E-state index contributed by atoms with van der Waals surface area (Å²) in [5.41, 5.74) is 8.46. The molecular formula is C27H23ClN2O6. The van der Waals surface area contributed by atoms with Gasteiger partial charge in [0, 0.05) is 22.2 Å². The van der Waals surface area contributed by atoms with Crippen LogP contribution in [0.5, 0.6) is 28.7 Å². The van der Waals surface area contributed by atoms with Crippen molar-refractivity contribution >= 4 is 17.6 Å². The average Bonchev–Trinajstić information content (AvgIpc) is 2.86. The number of carbonyl (C=O) groups excluding carboxylic acids is 1. The third-order valence-corrected chi connectivity index (χ3v) is 5.89. The molecule has 1 atom stereocenters. The summed E-state index contributed by atoms with van der Waals surface area (Å²) in [7, 11) is 3.10. The molecule has 0 amide bonds. The van der Waals surface area contributed by atoms with E-state index in [4.69, 9.17) is 41.0 Å². The molecule has 0 fully saturated rings. The molecule has 2 N–H and O–H groups in total. The molecule has 184 valence electrons. The van der Waals surface area contributed by atoms with Gasteiger partial charge >= 0.3 is 5.97 Å². The number of fused-ring (bicyclic) bond motifs is 1. The second-order valence-corrected chi connectivity index (χ2v) is 8.34. The van der Waals surface area contributed by atoms with Crippen molar-refractivity contribution in [2.45, 2.75) is 12.8 Å². The number of hydrogen-bond acceptors (Lipinski definition) is 8. The van der Waals surface area contributed by atoms with E-state index in [1.54, 1.807) is 68.8 Å². The summed E-state index contributed by atoms with van der Waals surface area (Å²) < 4.78 is 27.6. The lowest BCUT2D eigenvalue weighted by atomic mass is 9.83. The lowest BCUT2D eigenvalue weighted by Crippen LogP contribution is -2.22. The molecule has 8 nitrogen and oxygen atoms in total. The Kier molecular flexibility index (Phi) is 7.23. The Bertz CT molecular complexity index is 1400. The fraction of sp³-hybridized carbons (Fsp3) is 0.185. The van der Waals surface area contributed by atoms with E-state index >= 15 is 0 Å². The molecule has 36 heavy (non-hydrogen) atoms. The maximum atomic E-state index is 12.4. The number of ether oxygens (including phenoxy) is 5. The van der Waals surface area contributed by atoms with Crippen LogP contribution in [0.15, 0.2) is 66.1 Å². The van der Waals surface area contributed by atoms with Crippen molar-refractivity contribution in [2.24, 2.45) is 5.73 Å². The molecule has 3 aromatic rings. The van der Waals surface area contributed by atoms with Gasteiger partial charge in [0.05, 0.1) is 20.1 Å². The van der Waals surface area contributed by atoms with Crippen LogP contribution >= 0.6 is 11.6 Å². The first-order chi connectivity index (χ1) is 17.3. The average molecular weight is 507 g/mol. The predicted molar refractivity (Wildman–Crippen MR) is 133 cm³/mol. The lowest BCUT2D eigenvalue weighted by Gasteiger charge is -2.28. The van der Waals surface area contributed by atoms with Crippen LogP contribution in [0, 0.1) is 18.3 Å². The molecule has 0 saturated heterocycles. The summed E-state index contributed by atoms with van der Waals surface area (Å²) in [6, 6.07) is 17.4. The highest BCUT2D eigenvalue weighted by Gasteiger charge is 2.33. The van der Waals surface area contributed by atoms with Crippen LogP contribution in [-0.4, -0.2) is 26.8 Å². The van der Waals surface area contributed by atoms with Crippen molar-refractivity contribution in [3.8, 4) is 34.8 Å². The quantitative estimate of drug-likeness (QED) is 0.357. The van der Waals surface area contributed by atoms with Crippen LogP contribution in [-0.2, 0) is 4.79 Å². The second kappa shape index (κ2) is 10.5. The first kappa shape index (κ1) is 24.8. The minimum Gasteiger partial charge on any atom is -0.497 e. The normalized spacial score (nSPS) is 14.2. The van der Waals surface area contributed by atoms with Crippen molar-refractivity contribution in [1.29, 1.82) is 5.26 Å². The number of carbonyl (C=O) groups is 1. The van der Waals surface area contributed by atoms with Gasteiger partial charge in [0.15, 0.2) is 6.61 Å². The fourth-order valence-electron chi connectivity index (χ4n) is 3.96. The third kappa shape index (κ3) is 5.02. The monoisotopic (exact) mass is 506 g/mol. The second-order valence-electron chi connectivity index (χ2n) is 7.90. The molecule has 4 rings (SSSR count). The van der Waals surface area contributed by atoms with E-state index in [1.165, 1.54) is 0 Å². The molecular weight excluding hydrogens is 484 g/mol. The summed E-state index contributed by atoms with van der Waals surface area (Å²) in [4.78, 5) is 12.4. The highest BCUT2D eigenvalue weighted by Crippen LogP contribution is 2.46. The van der Waals surface area contributed by atoms with Crippen molar-refractivity contribution in [1.82, 2.24) is 0 Å². The van der Waals surface area contributed by atoms with Crippen molar-refractivity contribution in [2.75, 3.05) is 20.8 Å². The predicted octanol–water partition coefficient (Wildman–Crippen LogP) is 4.87. The highest BCUT2D eigenvalue weighted by atomic mass is 35.5. The molecule has 0 aromatic heterocycles. The fourth-order valence-corrected chi connectivity index (χ4v) is 4.18. The smallest absolute Gasteiger partial charge is 0.349 e. The molecule has 1 unspecified atom stereocenters. The number of methoxy groups -OCH3 is 2. The van der Waals surface area contributed by atoms with Crippen LogP contribution in [0.25, 0.3) is 0 Å². The Morgan fingerprint density at radius 2 is 1.78 bits per heavy atom. The zero-order chi connectivity index (χ0) is 25.8. The number of allylic oxidation sites excluding steroid dienone is 1. The molecule has 0 saturated carbocycles. The molecule has 9 heteroatoms. The van der Waals surface area contributed by atoms with Gasteiger partial charge in [0.2, 0.25) is 5.88 Å². The van der Waals surface area contributed by atoms with Crippen LogP contribution in [0.4, 0.5) is 0 Å². The van der Waals surface area contributed by atoms with Gasteiger partial charge in [-0.3, -0.25) is 0 Å². The Hall–Kier alpha value is -4.35. The molecule has 0 aliphatic carbocycles. The lowest BCUT2D eigenvalue weighted by molar-refractivity contribution is -0.136. The Morgan fingerprint density at radius 3 is 2.47 bits per heavy atom. The summed E-state index contributed by atoms with van der Waals surface area (Å²) in [6.07, 6.45) is 0. The van der Waals surface area contributed by atoms with Crippen LogP contribution in [0.1, 0.15) is 22.6 Å². The number of nitriles is 1. The highest BCUT2D eigenvalue weighted by molar-refractivity contribution is 6.30. The van der Waals surface area contributed by atoms with Gasteiger partial charge in [-0.05, 0) is 55.0 Å². The summed E-state index contributed by atoms with van der Waals surface area (Å²) in [6.45, 7) is 1.53. The largest absolute Gasteiger partial charge is 0.497 e. The number of rotatable bonds is 7. The molecule has 1 heterocycles. The van der Waals surface area contributed by atoms with Gasteiger partial charge < -0.3 is 29.4 Å². The first-order valence-corrected chi connectivity index (χ1v) is 11.3. The summed E-state index contributed by atoms with van der Waals surface area (Å²) in [5, 5.41) is 10.4. The number of benzene rings is 3. The Balaban J connectivity index is 1.60. The molecule has 0 radical (unpaired) electrons. The van der Waals surface area contributed by atoms with E-state index in [9.17, 15) is 10.1 Å². The van der Waals surface area contributed by atoms with Crippen LogP contribution in [0.2, 0.25) is 5.02 Å². The van der Waals surface area contributed by atoms with Gasteiger partial charge in [0.25, 0.3) is 0 Å². The van der Waals surface area contributed by atoms with Gasteiger partial charge in [-0.1, -0.05) is 17.7 Å². The van der Waals surface area contributed by atoms with E-state index in [0.717, 1.165) is 5.56 Å². The van der Waals surface area contributed by atoms with E-state index in [2.05, 4.69) is 6.07 Å². The molecule has 0 bridgehead atoms. The van der Waals surface area contributed by atoms with E-state index in [-0.39, 0.29) is 23.8 Å². The Morgan fingerprint density at radius 1 is 1.03 bits per heavy atom. The van der Waals surface area contributed by atoms with Gasteiger partial charge in [0.1, 0.15) is 40.4 Å². The number of aryl methyl sites for hydroxylation is 1. The minimum atomic E-state index is -0.604. The number of nitrogens with zero attached hydrogens (tertiary/aromatic N) is 1. The third-order valence-electron chi connectivity index (χ3n) is 5.65. The van der Waals surface area contributed by atoms with Crippen LogP contribution in [0.3, 0.4) is 0 Å². The standard InChI is InChI=1S/C27H23ClN2O6/c1-15-10-16(28)4-8-22(15)34-14-25(31)35-18-5-7-19-24(12-18)36-27(30)21(13-29)26(19)20-11-17(32-2)6-9-23(20)33-3/h4-12,26H,14,30H2,1-3H3. The number of esters is 1.